The fourth-order valence-corrected chi connectivity index (χ4v) is 5.58. The summed E-state index contributed by atoms with van der Waals surface area (Å²) in [5, 5.41) is 0. The van der Waals surface area contributed by atoms with Gasteiger partial charge in [-0.2, -0.15) is 0 Å². The smallest absolute Gasteiger partial charge is 0.222 e. The van der Waals surface area contributed by atoms with Gasteiger partial charge in [0.15, 0.2) is 0 Å². The van der Waals surface area contributed by atoms with Gasteiger partial charge in [0.2, 0.25) is 12.3 Å². The largest absolute Gasteiger partial charge is 0.379 e. The van der Waals surface area contributed by atoms with Crippen LogP contribution in [0.3, 0.4) is 0 Å². The van der Waals surface area contributed by atoms with E-state index < -0.39 is 0 Å². The van der Waals surface area contributed by atoms with Crippen LogP contribution in [0.25, 0.3) is 0 Å². The maximum atomic E-state index is 11.9. The maximum Gasteiger partial charge on any atom is 0.222 e. The molecular formula is C27H45N5O3. The van der Waals surface area contributed by atoms with Crippen molar-refractivity contribution in [3.63, 3.8) is 0 Å². The summed E-state index contributed by atoms with van der Waals surface area (Å²) in [7, 11) is 1.50. The molecule has 2 N–H and O–H groups in total. The summed E-state index contributed by atoms with van der Waals surface area (Å²) in [6.07, 6.45) is 13.5. The number of nitrogens with two attached hydrogens (primary N) is 1. The molecule has 5 rings (SSSR count). The van der Waals surface area contributed by atoms with Crippen LogP contribution in [-0.2, 0) is 14.3 Å². The van der Waals surface area contributed by atoms with Gasteiger partial charge in [0.25, 0.3) is 0 Å². The van der Waals surface area contributed by atoms with E-state index in [9.17, 15) is 9.59 Å². The number of rotatable bonds is 7. The molecule has 1 aliphatic carbocycles. The predicted octanol–water partition coefficient (Wildman–Crippen LogP) is 2.63. The molecule has 8 nitrogen and oxygen atoms in total. The van der Waals surface area contributed by atoms with Gasteiger partial charge in [0.05, 0.1) is 13.2 Å². The number of pyridine rings is 1. The topological polar surface area (TPSA) is 92.0 Å². The first-order valence-electron chi connectivity index (χ1n) is 13.4. The Bertz CT molecular complexity index is 761. The van der Waals surface area contributed by atoms with Crippen LogP contribution in [0.15, 0.2) is 24.5 Å². The molecule has 0 aromatic carbocycles. The third-order valence-corrected chi connectivity index (χ3v) is 7.90. The Morgan fingerprint density at radius 2 is 1.94 bits per heavy atom. The van der Waals surface area contributed by atoms with Gasteiger partial charge in [0, 0.05) is 69.0 Å². The lowest BCUT2D eigenvalue weighted by Crippen LogP contribution is -2.42. The van der Waals surface area contributed by atoms with Crippen molar-refractivity contribution in [3.8, 4) is 0 Å². The monoisotopic (exact) mass is 487 g/mol. The zero-order chi connectivity index (χ0) is 25.1. The number of likely N-dealkylation sites (tertiary alicyclic amines) is 2. The molecule has 4 fully saturated rings. The first-order valence-corrected chi connectivity index (χ1v) is 13.4. The number of aromatic nitrogens is 1. The van der Waals surface area contributed by atoms with Gasteiger partial charge in [-0.05, 0) is 70.5 Å². The lowest BCUT2D eigenvalue weighted by atomic mass is 9.97. The van der Waals surface area contributed by atoms with Gasteiger partial charge < -0.3 is 20.3 Å². The third kappa shape index (κ3) is 7.72. The number of carbonyl (C=O) groups is 2. The van der Waals surface area contributed by atoms with E-state index in [1.54, 1.807) is 6.20 Å². The molecule has 8 heteroatoms. The Hall–Kier alpha value is -2.03. The lowest BCUT2D eigenvalue weighted by Gasteiger charge is -2.32. The zero-order valence-corrected chi connectivity index (χ0v) is 21.7. The van der Waals surface area contributed by atoms with Crippen molar-refractivity contribution in [1.82, 2.24) is 19.7 Å². The Morgan fingerprint density at radius 1 is 1.23 bits per heavy atom. The highest BCUT2D eigenvalue weighted by molar-refractivity contribution is 5.76. The van der Waals surface area contributed by atoms with Crippen molar-refractivity contribution in [1.29, 1.82) is 0 Å². The summed E-state index contributed by atoms with van der Waals surface area (Å²) < 4.78 is 5.36. The maximum absolute atomic E-state index is 11.9. The second-order valence-corrected chi connectivity index (χ2v) is 10.1. The highest BCUT2D eigenvalue weighted by Gasteiger charge is 2.53. The standard InChI is InChI=1S/C14H26N2O2.C12H14N2O.CH5N/c1-13(15-9-11-18-12-10-15)5-4-6-14(17)16-7-2-3-8-16;15-9-14-8-11(6-12(14)3-4-12)10-2-1-5-13-7-10;1-2/h13H,2-12H2,1H3;1-2,5,7,9,11H,3-4,6,8H2;2H2,1H3. The molecule has 1 aromatic rings. The summed E-state index contributed by atoms with van der Waals surface area (Å²) in [5.74, 6) is 0.855. The number of morpholine rings is 1. The van der Waals surface area contributed by atoms with Crippen molar-refractivity contribution >= 4 is 12.3 Å². The molecular weight excluding hydrogens is 442 g/mol. The fraction of sp³-hybridized carbons (Fsp3) is 0.741. The number of amides is 2. The van der Waals surface area contributed by atoms with Crippen LogP contribution in [-0.4, -0.2) is 96.6 Å². The SMILES string of the molecule is CC(CCCC(=O)N1CCCC1)N1CCOCC1.CN.O=CN1CC(c2cccnc2)CC12CC2. The van der Waals surface area contributed by atoms with Crippen molar-refractivity contribution in [2.45, 2.75) is 75.8 Å². The van der Waals surface area contributed by atoms with E-state index in [0.29, 0.717) is 17.9 Å². The van der Waals surface area contributed by atoms with E-state index >= 15 is 0 Å². The average molecular weight is 488 g/mol. The first-order chi connectivity index (χ1) is 17.1. The van der Waals surface area contributed by atoms with Crippen LogP contribution in [0.2, 0.25) is 0 Å². The van der Waals surface area contributed by atoms with Gasteiger partial charge in [-0.3, -0.25) is 19.5 Å². The summed E-state index contributed by atoms with van der Waals surface area (Å²) in [4.78, 5) is 33.5. The zero-order valence-electron chi connectivity index (χ0n) is 21.7. The number of carbonyl (C=O) groups excluding carboxylic acids is 2. The molecule has 4 heterocycles. The van der Waals surface area contributed by atoms with Crippen LogP contribution in [0.4, 0.5) is 0 Å². The number of nitrogens with zero attached hydrogens (tertiary/aromatic N) is 4. The molecule has 2 amide bonds. The van der Waals surface area contributed by atoms with Gasteiger partial charge in [-0.15, -0.1) is 0 Å². The molecule has 3 saturated heterocycles. The Labute approximate surface area is 211 Å². The first kappa shape index (κ1) is 27.6. The minimum Gasteiger partial charge on any atom is -0.379 e. The summed E-state index contributed by atoms with van der Waals surface area (Å²) in [5.41, 5.74) is 6.00. The molecule has 1 aromatic heterocycles. The minimum atomic E-state index is 0.224. The van der Waals surface area contributed by atoms with Crippen molar-refractivity contribution in [2.24, 2.45) is 5.73 Å². The molecule has 2 unspecified atom stereocenters. The van der Waals surface area contributed by atoms with Gasteiger partial charge in [0.1, 0.15) is 0 Å². The Kier molecular flexibility index (Phi) is 10.9. The fourth-order valence-electron chi connectivity index (χ4n) is 5.58. The van der Waals surface area contributed by atoms with Crippen LogP contribution in [0.1, 0.15) is 69.8 Å². The van der Waals surface area contributed by atoms with E-state index in [0.717, 1.165) is 78.0 Å². The molecule has 0 radical (unpaired) electrons. The second kappa shape index (κ2) is 13.9. The third-order valence-electron chi connectivity index (χ3n) is 7.90. The second-order valence-electron chi connectivity index (χ2n) is 10.1. The van der Waals surface area contributed by atoms with Crippen LogP contribution >= 0.6 is 0 Å². The molecule has 1 saturated carbocycles. The molecule has 196 valence electrons. The molecule has 4 aliphatic rings. The van der Waals surface area contributed by atoms with Gasteiger partial charge >= 0.3 is 0 Å². The highest BCUT2D eigenvalue weighted by Crippen LogP contribution is 2.53. The Morgan fingerprint density at radius 3 is 2.51 bits per heavy atom. The molecule has 35 heavy (non-hydrogen) atoms. The van der Waals surface area contributed by atoms with E-state index in [1.807, 2.05) is 22.1 Å². The summed E-state index contributed by atoms with van der Waals surface area (Å²) in [6.45, 7) is 8.91. The van der Waals surface area contributed by atoms with E-state index in [1.165, 1.54) is 38.3 Å². The molecule has 1 spiro atoms. The highest BCUT2D eigenvalue weighted by atomic mass is 16.5. The van der Waals surface area contributed by atoms with E-state index in [4.69, 9.17) is 4.74 Å². The summed E-state index contributed by atoms with van der Waals surface area (Å²) in [6, 6.07) is 4.67. The van der Waals surface area contributed by atoms with E-state index in [-0.39, 0.29) is 5.54 Å². The van der Waals surface area contributed by atoms with Crippen molar-refractivity contribution in [2.75, 3.05) is 53.0 Å². The van der Waals surface area contributed by atoms with Crippen molar-refractivity contribution in [3.05, 3.63) is 30.1 Å². The number of hydrogen-bond donors (Lipinski definition) is 1. The van der Waals surface area contributed by atoms with Crippen LogP contribution < -0.4 is 5.73 Å². The summed E-state index contributed by atoms with van der Waals surface area (Å²) >= 11 is 0. The number of ether oxygens (including phenoxy) is 1. The van der Waals surface area contributed by atoms with Crippen LogP contribution in [0, 0.1) is 0 Å². The van der Waals surface area contributed by atoms with E-state index in [2.05, 4.69) is 28.6 Å². The van der Waals surface area contributed by atoms with Crippen molar-refractivity contribution < 1.29 is 14.3 Å². The van der Waals surface area contributed by atoms with Gasteiger partial charge in [-0.1, -0.05) is 6.07 Å². The predicted molar refractivity (Wildman–Crippen MR) is 138 cm³/mol. The molecule has 0 bridgehead atoms. The van der Waals surface area contributed by atoms with Gasteiger partial charge in [-0.25, -0.2) is 0 Å². The average Bonchev–Trinajstić information content (AvgIpc) is 3.32. The number of hydrogen-bond acceptors (Lipinski definition) is 6. The normalized spacial score (nSPS) is 23.7. The lowest BCUT2D eigenvalue weighted by molar-refractivity contribution is -0.130. The quantitative estimate of drug-likeness (QED) is 0.595. The molecule has 3 aliphatic heterocycles. The minimum absolute atomic E-state index is 0.224. The Balaban J connectivity index is 0.000000185. The van der Waals surface area contributed by atoms with Crippen LogP contribution in [0.5, 0.6) is 0 Å². The molecule has 2 atom stereocenters.